The first-order chi connectivity index (χ1) is 17.0. The van der Waals surface area contributed by atoms with Crippen molar-refractivity contribution < 1.29 is 9.59 Å². The van der Waals surface area contributed by atoms with Crippen LogP contribution in [0.5, 0.6) is 0 Å². The van der Waals surface area contributed by atoms with Gasteiger partial charge in [0.15, 0.2) is 5.69 Å². The highest BCUT2D eigenvalue weighted by atomic mass is 16.2. The van der Waals surface area contributed by atoms with E-state index in [1.54, 1.807) is 15.8 Å². The smallest absolute Gasteiger partial charge is 0.276 e. The molecule has 182 valence electrons. The summed E-state index contributed by atoms with van der Waals surface area (Å²) in [6, 6.07) is 18.1. The predicted molar refractivity (Wildman–Crippen MR) is 137 cm³/mol. The van der Waals surface area contributed by atoms with Crippen LogP contribution in [0, 0.1) is 0 Å². The number of piperazine rings is 1. The number of carbonyl (C=O) groups excluding carboxylic acids is 2. The Hall–Kier alpha value is -3.49. The Balaban J connectivity index is 1.30. The van der Waals surface area contributed by atoms with E-state index in [-0.39, 0.29) is 17.9 Å². The van der Waals surface area contributed by atoms with Crippen molar-refractivity contribution in [2.75, 3.05) is 36.4 Å². The fourth-order valence-corrected chi connectivity index (χ4v) is 5.04. The van der Waals surface area contributed by atoms with E-state index in [0.29, 0.717) is 35.7 Å². The van der Waals surface area contributed by atoms with E-state index < -0.39 is 0 Å². The van der Waals surface area contributed by atoms with Crippen LogP contribution in [-0.4, -0.2) is 63.6 Å². The summed E-state index contributed by atoms with van der Waals surface area (Å²) in [5.41, 5.74) is 3.60. The standard InChI is InChI=1S/C27H32N6O2/c1-3-32-26-24(18-28-32)33(23-12-8-7-11-22(23)29-27(26)35)25(34)17-20(2)31-15-13-30(14-16-31)19-21-9-5-4-6-10-21/h4-12,18,20H,3,13-17,19H2,1-2H3,(H,29,35). The van der Waals surface area contributed by atoms with E-state index in [1.165, 1.54) is 5.56 Å². The minimum absolute atomic E-state index is 0.0370. The normalized spacial score (nSPS) is 17.3. The van der Waals surface area contributed by atoms with Crippen molar-refractivity contribution in [1.82, 2.24) is 19.6 Å². The predicted octanol–water partition coefficient (Wildman–Crippen LogP) is 3.73. The molecule has 0 radical (unpaired) electrons. The minimum atomic E-state index is -0.246. The molecule has 2 amide bonds. The summed E-state index contributed by atoms with van der Waals surface area (Å²) >= 11 is 0. The number of amides is 2. The Bertz CT molecular complexity index is 1200. The van der Waals surface area contributed by atoms with Gasteiger partial charge in [-0.05, 0) is 31.5 Å². The summed E-state index contributed by atoms with van der Waals surface area (Å²) in [7, 11) is 0. The molecule has 0 saturated carbocycles. The molecule has 8 heteroatoms. The molecule has 2 aliphatic heterocycles. The Kier molecular flexibility index (Phi) is 6.66. The van der Waals surface area contributed by atoms with Gasteiger partial charge in [0.1, 0.15) is 0 Å². The number of aromatic nitrogens is 2. The summed E-state index contributed by atoms with van der Waals surface area (Å²) in [5.74, 6) is -0.283. The molecule has 0 bridgehead atoms. The van der Waals surface area contributed by atoms with Crippen molar-refractivity contribution in [2.24, 2.45) is 0 Å². The third-order valence-corrected chi connectivity index (χ3v) is 6.97. The molecule has 1 aromatic heterocycles. The van der Waals surface area contributed by atoms with Crippen molar-refractivity contribution in [2.45, 2.75) is 39.4 Å². The van der Waals surface area contributed by atoms with E-state index in [1.807, 2.05) is 37.3 Å². The lowest BCUT2D eigenvalue weighted by molar-refractivity contribution is -0.119. The molecule has 1 N–H and O–H groups in total. The number of rotatable bonds is 6. The van der Waals surface area contributed by atoms with Gasteiger partial charge in [0.25, 0.3) is 5.91 Å². The lowest BCUT2D eigenvalue weighted by atomic mass is 10.1. The average Bonchev–Trinajstić information content (AvgIpc) is 3.25. The van der Waals surface area contributed by atoms with Crippen LogP contribution in [-0.2, 0) is 17.9 Å². The number of nitrogens with zero attached hydrogens (tertiary/aromatic N) is 5. The summed E-state index contributed by atoms with van der Waals surface area (Å²) < 4.78 is 1.65. The van der Waals surface area contributed by atoms with Gasteiger partial charge in [-0.15, -0.1) is 0 Å². The molecule has 0 aliphatic carbocycles. The molecule has 2 aromatic carbocycles. The van der Waals surface area contributed by atoms with E-state index >= 15 is 0 Å². The van der Waals surface area contributed by atoms with Crippen molar-refractivity contribution >= 4 is 28.9 Å². The van der Waals surface area contributed by atoms with Crippen LogP contribution in [0.3, 0.4) is 0 Å². The van der Waals surface area contributed by atoms with E-state index in [4.69, 9.17) is 0 Å². The zero-order chi connectivity index (χ0) is 24.4. The van der Waals surface area contributed by atoms with Crippen molar-refractivity contribution in [3.05, 3.63) is 72.1 Å². The molecule has 1 unspecified atom stereocenters. The number of fused-ring (bicyclic) bond motifs is 2. The van der Waals surface area contributed by atoms with Gasteiger partial charge in [0, 0.05) is 51.7 Å². The van der Waals surface area contributed by atoms with E-state index in [0.717, 1.165) is 32.7 Å². The molecule has 8 nitrogen and oxygen atoms in total. The Morgan fingerprint density at radius 2 is 1.71 bits per heavy atom. The van der Waals surface area contributed by atoms with Crippen molar-refractivity contribution in [3.8, 4) is 0 Å². The second-order valence-electron chi connectivity index (χ2n) is 9.25. The second kappa shape index (κ2) is 10.0. The molecular formula is C27H32N6O2. The zero-order valence-corrected chi connectivity index (χ0v) is 20.4. The van der Waals surface area contributed by atoms with Gasteiger partial charge in [0.2, 0.25) is 5.91 Å². The quantitative estimate of drug-likeness (QED) is 0.592. The minimum Gasteiger partial charge on any atom is -0.319 e. The summed E-state index contributed by atoms with van der Waals surface area (Å²) in [6.45, 7) is 9.37. The van der Waals surface area contributed by atoms with Gasteiger partial charge in [-0.25, -0.2) is 0 Å². The summed E-state index contributed by atoms with van der Waals surface area (Å²) in [6.07, 6.45) is 1.99. The fraction of sp³-hybridized carbons (Fsp3) is 0.370. The molecule has 0 spiro atoms. The van der Waals surface area contributed by atoms with Gasteiger partial charge >= 0.3 is 0 Å². The SMILES string of the molecule is CCn1ncc2c1C(=O)Nc1ccccc1N2C(=O)CC(C)N1CCN(Cc2ccccc2)CC1. The monoisotopic (exact) mass is 472 g/mol. The molecule has 1 fully saturated rings. The molecule has 35 heavy (non-hydrogen) atoms. The largest absolute Gasteiger partial charge is 0.319 e. The highest BCUT2D eigenvalue weighted by molar-refractivity contribution is 6.16. The lowest BCUT2D eigenvalue weighted by Gasteiger charge is -2.38. The van der Waals surface area contributed by atoms with Crippen LogP contribution >= 0.6 is 0 Å². The van der Waals surface area contributed by atoms with Crippen LogP contribution < -0.4 is 10.2 Å². The highest BCUT2D eigenvalue weighted by Gasteiger charge is 2.34. The number of hydrogen-bond acceptors (Lipinski definition) is 5. The van der Waals surface area contributed by atoms with E-state index in [9.17, 15) is 9.59 Å². The third kappa shape index (κ3) is 4.72. The number of hydrogen-bond donors (Lipinski definition) is 1. The summed E-state index contributed by atoms with van der Waals surface area (Å²) in [4.78, 5) is 33.3. The van der Waals surface area contributed by atoms with Gasteiger partial charge in [-0.1, -0.05) is 42.5 Å². The second-order valence-corrected chi connectivity index (χ2v) is 9.25. The lowest BCUT2D eigenvalue weighted by Crippen LogP contribution is -2.50. The van der Waals surface area contributed by atoms with Crippen molar-refractivity contribution in [1.29, 1.82) is 0 Å². The number of anilines is 3. The first kappa shape index (κ1) is 23.3. The molecule has 3 aromatic rings. The molecular weight excluding hydrogens is 440 g/mol. The molecule has 5 rings (SSSR count). The van der Waals surface area contributed by atoms with Crippen LogP contribution in [0.15, 0.2) is 60.8 Å². The zero-order valence-electron chi connectivity index (χ0n) is 20.4. The fourth-order valence-electron chi connectivity index (χ4n) is 5.04. The van der Waals surface area contributed by atoms with Crippen LogP contribution in [0.2, 0.25) is 0 Å². The average molecular weight is 473 g/mol. The van der Waals surface area contributed by atoms with Crippen LogP contribution in [0.4, 0.5) is 17.1 Å². The highest BCUT2D eigenvalue weighted by Crippen LogP contribution is 2.38. The maximum atomic E-state index is 13.8. The van der Waals surface area contributed by atoms with Gasteiger partial charge in [-0.2, -0.15) is 5.10 Å². The number of benzene rings is 2. The third-order valence-electron chi connectivity index (χ3n) is 6.97. The van der Waals surface area contributed by atoms with Gasteiger partial charge in [0.05, 0.1) is 23.3 Å². The number of carbonyl (C=O) groups is 2. The Labute approximate surface area is 206 Å². The molecule has 2 aliphatic rings. The van der Waals surface area contributed by atoms with Gasteiger partial charge < -0.3 is 5.32 Å². The van der Waals surface area contributed by atoms with Gasteiger partial charge in [-0.3, -0.25) is 29.0 Å². The van der Waals surface area contributed by atoms with Crippen LogP contribution in [0.25, 0.3) is 0 Å². The number of para-hydroxylation sites is 2. The Morgan fingerprint density at radius 3 is 2.46 bits per heavy atom. The van der Waals surface area contributed by atoms with E-state index in [2.05, 4.69) is 51.4 Å². The maximum absolute atomic E-state index is 13.8. The molecule has 1 atom stereocenters. The van der Waals surface area contributed by atoms with Crippen LogP contribution in [0.1, 0.15) is 36.3 Å². The number of nitrogens with one attached hydrogen (secondary N) is 1. The topological polar surface area (TPSA) is 73.7 Å². The number of aryl methyl sites for hydroxylation is 1. The first-order valence-electron chi connectivity index (χ1n) is 12.3. The summed E-state index contributed by atoms with van der Waals surface area (Å²) in [5, 5.41) is 7.33. The van der Waals surface area contributed by atoms with Crippen molar-refractivity contribution in [3.63, 3.8) is 0 Å². The maximum Gasteiger partial charge on any atom is 0.276 e. The molecule has 1 saturated heterocycles. The Morgan fingerprint density at radius 1 is 1.00 bits per heavy atom. The molecule has 3 heterocycles. The first-order valence-corrected chi connectivity index (χ1v) is 12.3.